The van der Waals surface area contributed by atoms with E-state index in [9.17, 15) is 14.9 Å². The van der Waals surface area contributed by atoms with E-state index in [0.29, 0.717) is 22.3 Å². The zero-order valence-corrected chi connectivity index (χ0v) is 9.74. The van der Waals surface area contributed by atoms with E-state index in [1.165, 1.54) is 12.1 Å². The first-order valence-electron chi connectivity index (χ1n) is 5.59. The van der Waals surface area contributed by atoms with Crippen LogP contribution in [0.15, 0.2) is 42.7 Å². The second-order valence-electron chi connectivity index (χ2n) is 4.08. The van der Waals surface area contributed by atoms with Crippen LogP contribution in [0.2, 0.25) is 0 Å². The number of carbonyl (C=O) groups excluding carboxylic acids is 1. The van der Waals surface area contributed by atoms with Crippen molar-refractivity contribution in [2.75, 3.05) is 0 Å². The predicted octanol–water partition coefficient (Wildman–Crippen LogP) is 2.68. The van der Waals surface area contributed by atoms with Crippen LogP contribution in [0.4, 0.5) is 5.69 Å². The number of nitro groups is 1. The Morgan fingerprint density at radius 3 is 2.63 bits per heavy atom. The highest BCUT2D eigenvalue weighted by atomic mass is 16.6. The van der Waals surface area contributed by atoms with Gasteiger partial charge in [-0.2, -0.15) is 0 Å². The second-order valence-corrected chi connectivity index (χ2v) is 4.08. The summed E-state index contributed by atoms with van der Waals surface area (Å²) < 4.78 is 1.76. The first-order chi connectivity index (χ1) is 9.20. The molecule has 0 aliphatic carbocycles. The monoisotopic (exact) mass is 255 g/mol. The Hall–Kier alpha value is -2.89. The van der Waals surface area contributed by atoms with Crippen LogP contribution in [0, 0.1) is 10.1 Å². The molecule has 0 fully saturated rings. The fourth-order valence-electron chi connectivity index (χ4n) is 2.11. The summed E-state index contributed by atoms with van der Waals surface area (Å²) >= 11 is 0. The summed E-state index contributed by atoms with van der Waals surface area (Å²) in [4.78, 5) is 24.6. The number of hydrogen-bond acceptors (Lipinski definition) is 3. The summed E-state index contributed by atoms with van der Waals surface area (Å²) in [6, 6.07) is 8.07. The normalized spacial score (nSPS) is 10.7. The lowest BCUT2D eigenvalue weighted by Gasteiger charge is -1.99. The van der Waals surface area contributed by atoms with Gasteiger partial charge < -0.3 is 9.55 Å². The maximum Gasteiger partial charge on any atom is 0.271 e. The number of nitro benzene ring substituents is 1. The summed E-state index contributed by atoms with van der Waals surface area (Å²) in [5, 5.41) is 11.4. The van der Waals surface area contributed by atoms with Gasteiger partial charge in [0.15, 0.2) is 6.29 Å². The first kappa shape index (κ1) is 11.2. The van der Waals surface area contributed by atoms with Gasteiger partial charge in [0.05, 0.1) is 16.0 Å². The zero-order chi connectivity index (χ0) is 13.4. The van der Waals surface area contributed by atoms with Gasteiger partial charge in [-0.1, -0.05) is 0 Å². The average molecular weight is 255 g/mol. The van der Waals surface area contributed by atoms with E-state index in [4.69, 9.17) is 0 Å². The Bertz CT molecular complexity index is 772. The molecule has 1 aromatic carbocycles. The van der Waals surface area contributed by atoms with Gasteiger partial charge in [-0.15, -0.1) is 0 Å². The van der Waals surface area contributed by atoms with Gasteiger partial charge >= 0.3 is 0 Å². The Balaban J connectivity index is 2.29. The van der Waals surface area contributed by atoms with Crippen LogP contribution in [0.1, 0.15) is 10.4 Å². The Morgan fingerprint density at radius 2 is 2.00 bits per heavy atom. The van der Waals surface area contributed by atoms with Crippen molar-refractivity contribution < 1.29 is 9.72 Å². The van der Waals surface area contributed by atoms with Crippen molar-refractivity contribution in [2.45, 2.75) is 0 Å². The van der Waals surface area contributed by atoms with E-state index in [2.05, 4.69) is 4.98 Å². The molecule has 6 heteroatoms. The van der Waals surface area contributed by atoms with Crippen molar-refractivity contribution in [3.05, 3.63) is 58.4 Å². The Morgan fingerprint density at radius 1 is 1.26 bits per heavy atom. The molecule has 0 unspecified atom stereocenters. The lowest BCUT2D eigenvalue weighted by atomic mass is 10.1. The van der Waals surface area contributed by atoms with Gasteiger partial charge in [0, 0.05) is 29.9 Å². The molecule has 2 heterocycles. The number of rotatable bonds is 3. The highest BCUT2D eigenvalue weighted by Gasteiger charge is 2.15. The average Bonchev–Trinajstić information content (AvgIpc) is 3.04. The molecule has 3 aromatic rings. The van der Waals surface area contributed by atoms with Crippen molar-refractivity contribution in [1.29, 1.82) is 0 Å². The van der Waals surface area contributed by atoms with E-state index in [-0.39, 0.29) is 5.69 Å². The largest absolute Gasteiger partial charge is 0.340 e. The summed E-state index contributed by atoms with van der Waals surface area (Å²) in [6.07, 6.45) is 4.35. The molecule has 0 aliphatic rings. The highest BCUT2D eigenvalue weighted by molar-refractivity contribution is 6.01. The number of fused-ring (bicyclic) bond motifs is 1. The number of non-ortho nitro benzene ring substituents is 1. The topological polar surface area (TPSA) is 80.9 Å². The molecule has 94 valence electrons. The van der Waals surface area contributed by atoms with Gasteiger partial charge in [-0.3, -0.25) is 14.9 Å². The van der Waals surface area contributed by atoms with E-state index in [1.807, 2.05) is 12.1 Å². The summed E-state index contributed by atoms with van der Waals surface area (Å²) in [7, 11) is 0. The molecule has 0 saturated heterocycles. The number of aromatic nitrogens is 2. The number of benzene rings is 1. The quantitative estimate of drug-likeness (QED) is 0.444. The molecule has 6 nitrogen and oxygen atoms in total. The molecule has 3 rings (SSSR count). The van der Waals surface area contributed by atoms with E-state index < -0.39 is 4.92 Å². The van der Waals surface area contributed by atoms with Crippen LogP contribution in [-0.4, -0.2) is 20.8 Å². The van der Waals surface area contributed by atoms with Gasteiger partial charge in [-0.05, 0) is 18.2 Å². The van der Waals surface area contributed by atoms with Crippen molar-refractivity contribution >= 4 is 22.9 Å². The number of nitrogens with zero attached hydrogens (tertiary/aromatic N) is 2. The summed E-state index contributed by atoms with van der Waals surface area (Å²) in [5.74, 6) is 0.607. The maximum atomic E-state index is 11.2. The van der Waals surface area contributed by atoms with Crippen LogP contribution in [0.5, 0.6) is 0 Å². The van der Waals surface area contributed by atoms with Crippen molar-refractivity contribution in [2.24, 2.45) is 0 Å². The number of nitrogens with one attached hydrogen (secondary N) is 1. The molecule has 2 aromatic heterocycles. The van der Waals surface area contributed by atoms with E-state index >= 15 is 0 Å². The van der Waals surface area contributed by atoms with Gasteiger partial charge in [0.25, 0.3) is 5.69 Å². The third-order valence-electron chi connectivity index (χ3n) is 2.99. The van der Waals surface area contributed by atoms with Crippen molar-refractivity contribution in [3.63, 3.8) is 0 Å². The van der Waals surface area contributed by atoms with E-state index in [0.717, 1.165) is 6.29 Å². The van der Waals surface area contributed by atoms with Crippen LogP contribution in [0.25, 0.3) is 16.7 Å². The van der Waals surface area contributed by atoms with Crippen LogP contribution in [0.3, 0.4) is 0 Å². The zero-order valence-electron chi connectivity index (χ0n) is 9.74. The van der Waals surface area contributed by atoms with Gasteiger partial charge in [0.2, 0.25) is 0 Å². The highest BCUT2D eigenvalue weighted by Crippen LogP contribution is 2.27. The molecule has 0 amide bonds. The Kier molecular flexibility index (Phi) is 2.42. The van der Waals surface area contributed by atoms with Crippen LogP contribution in [-0.2, 0) is 0 Å². The third kappa shape index (κ3) is 1.70. The number of hydrogen-bond donors (Lipinski definition) is 1. The molecule has 0 saturated carbocycles. The second kappa shape index (κ2) is 4.09. The summed E-state index contributed by atoms with van der Waals surface area (Å²) in [5.41, 5.74) is 1.05. The smallest absolute Gasteiger partial charge is 0.271 e. The molecule has 19 heavy (non-hydrogen) atoms. The fraction of sp³-hybridized carbons (Fsp3) is 0. The molecule has 1 N–H and O–H groups in total. The molecular weight excluding hydrogens is 246 g/mol. The number of aldehydes is 1. The number of H-pyrrole nitrogens is 1. The molecule has 0 bridgehead atoms. The van der Waals surface area contributed by atoms with Gasteiger partial charge in [-0.25, -0.2) is 0 Å². The molecule has 0 radical (unpaired) electrons. The standard InChI is InChI=1S/C13H9N3O3/c17-8-11-10-4-3-9(16(18)19)7-12(10)14-13(11)15-5-1-2-6-15/h1-8,14H. The van der Waals surface area contributed by atoms with Crippen molar-refractivity contribution in [3.8, 4) is 5.82 Å². The lowest BCUT2D eigenvalue weighted by molar-refractivity contribution is -0.384. The molecule has 0 spiro atoms. The fourth-order valence-corrected chi connectivity index (χ4v) is 2.11. The van der Waals surface area contributed by atoms with E-state index in [1.54, 1.807) is 23.0 Å². The molecule has 0 aliphatic heterocycles. The molecular formula is C13H9N3O3. The predicted molar refractivity (Wildman–Crippen MR) is 69.7 cm³/mol. The minimum Gasteiger partial charge on any atom is -0.340 e. The summed E-state index contributed by atoms with van der Waals surface area (Å²) in [6.45, 7) is 0. The SMILES string of the molecule is O=Cc1c(-n2cccc2)[nH]c2cc([N+](=O)[O-])ccc12. The van der Waals surface area contributed by atoms with Gasteiger partial charge in [0.1, 0.15) is 5.82 Å². The Labute approximate surface area is 107 Å². The van der Waals surface area contributed by atoms with Crippen LogP contribution >= 0.6 is 0 Å². The minimum absolute atomic E-state index is 0.00902. The number of carbonyl (C=O) groups is 1. The minimum atomic E-state index is -0.462. The van der Waals surface area contributed by atoms with Crippen molar-refractivity contribution in [1.82, 2.24) is 9.55 Å². The maximum absolute atomic E-state index is 11.2. The molecule has 0 atom stereocenters. The van der Waals surface area contributed by atoms with Crippen LogP contribution < -0.4 is 0 Å². The number of aromatic amines is 1. The third-order valence-corrected chi connectivity index (χ3v) is 2.99. The lowest BCUT2D eigenvalue weighted by Crippen LogP contribution is -1.93. The first-order valence-corrected chi connectivity index (χ1v) is 5.59.